The minimum Gasteiger partial charge on any atom is -0.354 e. The number of ketones is 1. The molecule has 1 unspecified atom stereocenters. The third-order valence-corrected chi connectivity index (χ3v) is 3.64. The number of Topliss-reactive ketones (excluding diaryl/α,β-unsaturated/α-hetero) is 1. The molecular formula is C15H15NO. The van der Waals surface area contributed by atoms with Crippen LogP contribution in [0.4, 0.5) is 0 Å². The van der Waals surface area contributed by atoms with Gasteiger partial charge >= 0.3 is 0 Å². The van der Waals surface area contributed by atoms with Gasteiger partial charge in [0.2, 0.25) is 0 Å². The van der Waals surface area contributed by atoms with Crippen molar-refractivity contribution < 1.29 is 4.79 Å². The van der Waals surface area contributed by atoms with Gasteiger partial charge in [-0.1, -0.05) is 30.3 Å². The van der Waals surface area contributed by atoms with E-state index < -0.39 is 0 Å². The van der Waals surface area contributed by atoms with Crippen LogP contribution in [0.1, 0.15) is 34.0 Å². The number of aromatic nitrogens is 1. The van der Waals surface area contributed by atoms with Gasteiger partial charge in [0.05, 0.1) is 0 Å². The van der Waals surface area contributed by atoms with Gasteiger partial charge in [0.15, 0.2) is 5.78 Å². The molecule has 1 aliphatic carbocycles. The summed E-state index contributed by atoms with van der Waals surface area (Å²) in [5.41, 5.74) is 3.36. The molecule has 0 bridgehead atoms. The van der Waals surface area contributed by atoms with E-state index in [0.717, 1.165) is 12.0 Å². The van der Waals surface area contributed by atoms with Crippen molar-refractivity contribution in [2.75, 3.05) is 0 Å². The largest absolute Gasteiger partial charge is 0.354 e. The quantitative estimate of drug-likeness (QED) is 0.731. The molecule has 3 rings (SSSR count). The Morgan fingerprint density at radius 3 is 2.65 bits per heavy atom. The summed E-state index contributed by atoms with van der Waals surface area (Å²) >= 11 is 0. The number of nitrogens with zero attached hydrogens (tertiary/aromatic N) is 1. The van der Waals surface area contributed by atoms with Crippen LogP contribution in [-0.4, -0.2) is 10.4 Å². The van der Waals surface area contributed by atoms with E-state index in [1.165, 1.54) is 11.3 Å². The normalized spacial score (nSPS) is 19.1. The third-order valence-electron chi connectivity index (χ3n) is 3.64. The molecule has 86 valence electrons. The molecule has 0 N–H and O–H groups in total. The molecule has 1 aromatic heterocycles. The Morgan fingerprint density at radius 2 is 1.88 bits per heavy atom. The number of hydrogen-bond donors (Lipinski definition) is 0. The minimum absolute atomic E-state index is 0.278. The Balaban J connectivity index is 1.99. The van der Waals surface area contributed by atoms with Gasteiger partial charge in [-0.2, -0.15) is 0 Å². The maximum atomic E-state index is 12.1. The SMILES string of the molecule is Cn1ccc2c1CC(c1ccccc1)CC2=O. The predicted molar refractivity (Wildman–Crippen MR) is 67.2 cm³/mol. The molecule has 0 aliphatic heterocycles. The molecular weight excluding hydrogens is 210 g/mol. The average Bonchev–Trinajstić information content (AvgIpc) is 2.73. The first kappa shape index (κ1) is 10.3. The maximum Gasteiger partial charge on any atom is 0.165 e. The highest BCUT2D eigenvalue weighted by molar-refractivity contribution is 5.99. The van der Waals surface area contributed by atoms with E-state index in [1.807, 2.05) is 37.5 Å². The van der Waals surface area contributed by atoms with Crippen LogP contribution in [0.2, 0.25) is 0 Å². The Bertz CT molecular complexity index is 554. The van der Waals surface area contributed by atoms with E-state index in [0.29, 0.717) is 12.3 Å². The van der Waals surface area contributed by atoms with Gasteiger partial charge in [-0.05, 0) is 24.0 Å². The van der Waals surface area contributed by atoms with Crippen molar-refractivity contribution in [3.63, 3.8) is 0 Å². The lowest BCUT2D eigenvalue weighted by Gasteiger charge is -2.22. The van der Waals surface area contributed by atoms with Gasteiger partial charge in [0, 0.05) is 30.9 Å². The Kier molecular flexibility index (Phi) is 2.36. The van der Waals surface area contributed by atoms with Crippen molar-refractivity contribution in [2.45, 2.75) is 18.8 Å². The molecule has 2 nitrogen and oxygen atoms in total. The van der Waals surface area contributed by atoms with Crippen molar-refractivity contribution in [2.24, 2.45) is 7.05 Å². The van der Waals surface area contributed by atoms with Crippen LogP contribution in [-0.2, 0) is 13.5 Å². The first-order valence-corrected chi connectivity index (χ1v) is 5.98. The lowest BCUT2D eigenvalue weighted by atomic mass is 9.82. The van der Waals surface area contributed by atoms with Crippen molar-refractivity contribution in [1.29, 1.82) is 0 Å². The Labute approximate surface area is 101 Å². The van der Waals surface area contributed by atoms with Crippen LogP contribution < -0.4 is 0 Å². The molecule has 2 aromatic rings. The topological polar surface area (TPSA) is 22.0 Å². The minimum atomic E-state index is 0.278. The molecule has 17 heavy (non-hydrogen) atoms. The van der Waals surface area contributed by atoms with E-state index in [-0.39, 0.29) is 5.78 Å². The van der Waals surface area contributed by atoms with Gasteiger partial charge < -0.3 is 4.57 Å². The number of aryl methyl sites for hydroxylation is 1. The first-order chi connectivity index (χ1) is 8.25. The zero-order valence-electron chi connectivity index (χ0n) is 9.89. The third kappa shape index (κ3) is 1.70. The summed E-state index contributed by atoms with van der Waals surface area (Å²) < 4.78 is 2.07. The van der Waals surface area contributed by atoms with Gasteiger partial charge in [-0.15, -0.1) is 0 Å². The fraction of sp³-hybridized carbons (Fsp3) is 0.267. The summed E-state index contributed by atoms with van der Waals surface area (Å²) in [4.78, 5) is 12.1. The number of rotatable bonds is 1. The van der Waals surface area contributed by atoms with E-state index in [1.54, 1.807) is 0 Å². The van der Waals surface area contributed by atoms with Crippen molar-refractivity contribution >= 4 is 5.78 Å². The van der Waals surface area contributed by atoms with Crippen molar-refractivity contribution in [1.82, 2.24) is 4.57 Å². The fourth-order valence-electron chi connectivity index (χ4n) is 2.67. The lowest BCUT2D eigenvalue weighted by Crippen LogP contribution is -2.19. The molecule has 0 fully saturated rings. The predicted octanol–water partition coefficient (Wildman–Crippen LogP) is 2.94. The van der Waals surface area contributed by atoms with Crippen LogP contribution >= 0.6 is 0 Å². The summed E-state index contributed by atoms with van der Waals surface area (Å²) in [6.45, 7) is 0. The fourth-order valence-corrected chi connectivity index (χ4v) is 2.67. The van der Waals surface area contributed by atoms with Crippen LogP contribution in [0.5, 0.6) is 0 Å². The van der Waals surface area contributed by atoms with E-state index in [4.69, 9.17) is 0 Å². The second-order valence-electron chi connectivity index (χ2n) is 4.73. The highest BCUT2D eigenvalue weighted by Gasteiger charge is 2.27. The molecule has 1 aliphatic rings. The van der Waals surface area contributed by atoms with Crippen LogP contribution in [0, 0.1) is 0 Å². The number of carbonyl (C=O) groups is 1. The zero-order valence-corrected chi connectivity index (χ0v) is 9.89. The molecule has 0 amide bonds. The average molecular weight is 225 g/mol. The van der Waals surface area contributed by atoms with Crippen LogP contribution in [0.25, 0.3) is 0 Å². The van der Waals surface area contributed by atoms with Crippen LogP contribution in [0.15, 0.2) is 42.6 Å². The molecule has 0 spiro atoms. The van der Waals surface area contributed by atoms with Crippen molar-refractivity contribution in [3.8, 4) is 0 Å². The number of hydrogen-bond acceptors (Lipinski definition) is 1. The van der Waals surface area contributed by atoms with E-state index in [2.05, 4.69) is 16.7 Å². The molecule has 1 aromatic carbocycles. The van der Waals surface area contributed by atoms with Gasteiger partial charge in [0.25, 0.3) is 0 Å². The molecule has 0 saturated carbocycles. The molecule has 0 saturated heterocycles. The van der Waals surface area contributed by atoms with Crippen molar-refractivity contribution in [3.05, 3.63) is 59.4 Å². The Hall–Kier alpha value is -1.83. The smallest absolute Gasteiger partial charge is 0.165 e. The van der Waals surface area contributed by atoms with E-state index in [9.17, 15) is 4.79 Å². The first-order valence-electron chi connectivity index (χ1n) is 5.98. The van der Waals surface area contributed by atoms with Crippen LogP contribution in [0.3, 0.4) is 0 Å². The zero-order chi connectivity index (χ0) is 11.8. The maximum absolute atomic E-state index is 12.1. The molecule has 1 atom stereocenters. The Morgan fingerprint density at radius 1 is 1.12 bits per heavy atom. The second kappa shape index (κ2) is 3.88. The molecule has 0 radical (unpaired) electrons. The highest BCUT2D eigenvalue weighted by atomic mass is 16.1. The lowest BCUT2D eigenvalue weighted by molar-refractivity contribution is 0.0963. The van der Waals surface area contributed by atoms with Gasteiger partial charge in [-0.3, -0.25) is 4.79 Å². The molecule has 2 heteroatoms. The summed E-state index contributed by atoms with van der Waals surface area (Å²) in [5.74, 6) is 0.616. The monoisotopic (exact) mass is 225 g/mol. The standard InChI is InChI=1S/C15H15NO/c1-16-8-7-13-14(16)9-12(10-15(13)17)11-5-3-2-4-6-11/h2-8,12H,9-10H2,1H3. The summed E-state index contributed by atoms with van der Waals surface area (Å²) in [5, 5.41) is 0. The summed E-state index contributed by atoms with van der Waals surface area (Å²) in [6.07, 6.45) is 3.59. The van der Waals surface area contributed by atoms with Gasteiger partial charge in [-0.25, -0.2) is 0 Å². The number of benzene rings is 1. The summed E-state index contributed by atoms with van der Waals surface area (Å²) in [7, 11) is 2.01. The summed E-state index contributed by atoms with van der Waals surface area (Å²) in [6, 6.07) is 12.3. The second-order valence-corrected chi connectivity index (χ2v) is 4.73. The molecule has 1 heterocycles. The highest BCUT2D eigenvalue weighted by Crippen LogP contribution is 2.32. The van der Waals surface area contributed by atoms with E-state index >= 15 is 0 Å². The number of fused-ring (bicyclic) bond motifs is 1. The van der Waals surface area contributed by atoms with Gasteiger partial charge in [0.1, 0.15) is 0 Å². The number of carbonyl (C=O) groups excluding carboxylic acids is 1.